The second-order valence-electron chi connectivity index (χ2n) is 6.13. The number of aromatic amines is 1. The number of nitrogens with zero attached hydrogens (tertiary/aromatic N) is 1. The van der Waals surface area contributed by atoms with Crippen LogP contribution in [0.4, 0.5) is 0 Å². The first-order valence-corrected chi connectivity index (χ1v) is 9.35. The van der Waals surface area contributed by atoms with Gasteiger partial charge in [0, 0.05) is 18.5 Å². The summed E-state index contributed by atoms with van der Waals surface area (Å²) >= 11 is 0. The Morgan fingerprint density at radius 2 is 2.08 bits per heavy atom. The van der Waals surface area contributed by atoms with E-state index in [0.717, 1.165) is 29.0 Å². The van der Waals surface area contributed by atoms with E-state index >= 15 is 0 Å². The van der Waals surface area contributed by atoms with E-state index in [0.29, 0.717) is 25.9 Å². The number of H-pyrrole nitrogens is 1. The fraction of sp³-hybridized carbons (Fsp3) is 0.375. The van der Waals surface area contributed by atoms with Gasteiger partial charge in [-0.15, -0.1) is 0 Å². The lowest BCUT2D eigenvalue weighted by atomic mass is 9.93. The molecule has 126 valence electrons. The molecule has 0 amide bonds. The van der Waals surface area contributed by atoms with Gasteiger partial charge in [-0.3, -0.25) is 4.79 Å². The van der Waals surface area contributed by atoms with Crippen LogP contribution in [-0.2, 0) is 29.3 Å². The van der Waals surface area contributed by atoms with Crippen molar-refractivity contribution in [3.05, 3.63) is 51.4 Å². The zero-order valence-electron chi connectivity index (χ0n) is 12.9. The Labute approximate surface area is 139 Å². The smallest absolute Gasteiger partial charge is 0.264 e. The fourth-order valence-electron chi connectivity index (χ4n) is 3.26. The molecule has 1 atom stereocenters. The Kier molecular flexibility index (Phi) is 3.65. The number of ether oxygens (including phenoxy) is 1. The third-order valence-corrected chi connectivity index (χ3v) is 5.98. The molecule has 0 saturated heterocycles. The van der Waals surface area contributed by atoms with E-state index in [9.17, 15) is 13.2 Å². The van der Waals surface area contributed by atoms with Crippen LogP contribution in [0.2, 0.25) is 0 Å². The second kappa shape index (κ2) is 5.71. The maximum atomic E-state index is 12.6. The van der Waals surface area contributed by atoms with Crippen molar-refractivity contribution in [3.63, 3.8) is 0 Å². The Morgan fingerprint density at radius 3 is 2.96 bits per heavy atom. The summed E-state index contributed by atoms with van der Waals surface area (Å²) < 4.78 is 33.5. The van der Waals surface area contributed by atoms with Gasteiger partial charge in [0.25, 0.3) is 5.56 Å². The zero-order valence-corrected chi connectivity index (χ0v) is 13.7. The van der Waals surface area contributed by atoms with E-state index in [1.165, 1.54) is 6.07 Å². The van der Waals surface area contributed by atoms with Crippen molar-refractivity contribution in [3.8, 4) is 5.75 Å². The van der Waals surface area contributed by atoms with Gasteiger partial charge in [0.15, 0.2) is 0 Å². The first kappa shape index (κ1) is 15.3. The highest BCUT2D eigenvalue weighted by Crippen LogP contribution is 2.28. The standard InChI is InChI=1S/C16H17N3O4S/c20-16-9-11-7-12(1-3-14(11)17-18-16)19-24(21,22)13-2-4-15-10(8-13)5-6-23-15/h2,4,8-9,12,19H,1,3,5-7H2,(H,18,20). The van der Waals surface area contributed by atoms with Crippen molar-refractivity contribution < 1.29 is 13.2 Å². The SMILES string of the molecule is O=c1cc2c(n[nH]1)CCC(NS(=O)(=O)c1ccc3c(c1)CCO3)C2. The van der Waals surface area contributed by atoms with E-state index in [2.05, 4.69) is 14.9 Å². The van der Waals surface area contributed by atoms with Gasteiger partial charge in [0.2, 0.25) is 10.0 Å². The van der Waals surface area contributed by atoms with Gasteiger partial charge in [0.1, 0.15) is 5.75 Å². The van der Waals surface area contributed by atoms with Crippen LogP contribution in [0, 0.1) is 0 Å². The third-order valence-electron chi connectivity index (χ3n) is 4.47. The Morgan fingerprint density at radius 1 is 1.21 bits per heavy atom. The van der Waals surface area contributed by atoms with Crippen LogP contribution in [-0.4, -0.2) is 31.3 Å². The molecular weight excluding hydrogens is 330 g/mol. The highest BCUT2D eigenvalue weighted by atomic mass is 32.2. The highest BCUT2D eigenvalue weighted by molar-refractivity contribution is 7.89. The summed E-state index contributed by atoms with van der Waals surface area (Å²) in [5.74, 6) is 0.755. The van der Waals surface area contributed by atoms with Gasteiger partial charge in [-0.2, -0.15) is 5.10 Å². The lowest BCUT2D eigenvalue weighted by molar-refractivity contribution is 0.356. The molecule has 0 saturated carbocycles. The molecule has 0 bridgehead atoms. The van der Waals surface area contributed by atoms with Crippen molar-refractivity contribution in [2.24, 2.45) is 0 Å². The number of sulfonamides is 1. The molecule has 1 aliphatic carbocycles. The van der Waals surface area contributed by atoms with Crippen molar-refractivity contribution >= 4 is 10.0 Å². The van der Waals surface area contributed by atoms with Gasteiger partial charge in [-0.1, -0.05) is 0 Å². The summed E-state index contributed by atoms with van der Waals surface area (Å²) in [4.78, 5) is 11.6. The topological polar surface area (TPSA) is 101 Å². The lowest BCUT2D eigenvalue weighted by Gasteiger charge is -2.24. The van der Waals surface area contributed by atoms with Gasteiger partial charge < -0.3 is 4.74 Å². The number of aryl methyl sites for hydroxylation is 1. The summed E-state index contributed by atoms with van der Waals surface area (Å²) in [5, 5.41) is 6.43. The number of rotatable bonds is 3. The van der Waals surface area contributed by atoms with Crippen LogP contribution in [0.3, 0.4) is 0 Å². The number of fused-ring (bicyclic) bond motifs is 2. The highest BCUT2D eigenvalue weighted by Gasteiger charge is 2.26. The lowest BCUT2D eigenvalue weighted by Crippen LogP contribution is -2.39. The number of hydrogen-bond acceptors (Lipinski definition) is 5. The molecule has 0 spiro atoms. The van der Waals surface area contributed by atoms with Gasteiger partial charge in [-0.05, 0) is 48.6 Å². The monoisotopic (exact) mass is 347 g/mol. The van der Waals surface area contributed by atoms with Gasteiger partial charge >= 0.3 is 0 Å². The third kappa shape index (κ3) is 2.83. The predicted molar refractivity (Wildman–Crippen MR) is 86.6 cm³/mol. The number of nitrogens with one attached hydrogen (secondary N) is 2. The molecule has 1 aromatic heterocycles. The molecule has 0 radical (unpaired) electrons. The first-order valence-electron chi connectivity index (χ1n) is 7.87. The molecule has 24 heavy (non-hydrogen) atoms. The summed E-state index contributed by atoms with van der Waals surface area (Å²) in [5.41, 5.74) is 2.29. The quantitative estimate of drug-likeness (QED) is 0.844. The molecule has 8 heteroatoms. The minimum Gasteiger partial charge on any atom is -0.493 e. The van der Waals surface area contributed by atoms with Gasteiger partial charge in [-0.25, -0.2) is 18.2 Å². The van der Waals surface area contributed by atoms with Crippen LogP contribution in [0.1, 0.15) is 23.2 Å². The molecule has 4 rings (SSSR count). The second-order valence-corrected chi connectivity index (χ2v) is 7.85. The van der Waals surface area contributed by atoms with Crippen LogP contribution in [0.25, 0.3) is 0 Å². The molecule has 1 aromatic carbocycles. The fourth-order valence-corrected chi connectivity index (χ4v) is 4.58. The van der Waals surface area contributed by atoms with Crippen molar-refractivity contribution in [2.45, 2.75) is 36.6 Å². The molecular formula is C16H17N3O4S. The zero-order chi connectivity index (χ0) is 16.7. The maximum absolute atomic E-state index is 12.6. The molecule has 2 aromatic rings. The molecule has 2 N–H and O–H groups in total. The average molecular weight is 347 g/mol. The average Bonchev–Trinajstić information content (AvgIpc) is 3.01. The van der Waals surface area contributed by atoms with E-state index < -0.39 is 10.0 Å². The minimum atomic E-state index is -3.61. The molecule has 2 aliphatic rings. The first-order chi connectivity index (χ1) is 11.5. The van der Waals surface area contributed by atoms with Crippen molar-refractivity contribution in [1.82, 2.24) is 14.9 Å². The normalized spacial score (nSPS) is 19.4. The van der Waals surface area contributed by atoms with Crippen molar-refractivity contribution in [1.29, 1.82) is 0 Å². The molecule has 2 heterocycles. The summed E-state index contributed by atoms with van der Waals surface area (Å²) in [6.07, 6.45) is 2.49. The largest absolute Gasteiger partial charge is 0.493 e. The molecule has 7 nitrogen and oxygen atoms in total. The number of benzene rings is 1. The molecule has 1 aliphatic heterocycles. The van der Waals surface area contributed by atoms with Crippen LogP contribution in [0.5, 0.6) is 5.75 Å². The summed E-state index contributed by atoms with van der Waals surface area (Å²) in [6, 6.07) is 6.20. The molecule has 1 unspecified atom stereocenters. The Hall–Kier alpha value is -2.19. The van der Waals surface area contributed by atoms with Gasteiger partial charge in [0.05, 0.1) is 17.2 Å². The van der Waals surface area contributed by atoms with E-state index in [4.69, 9.17) is 4.74 Å². The summed E-state index contributed by atoms with van der Waals surface area (Å²) in [6.45, 7) is 0.590. The van der Waals surface area contributed by atoms with Crippen LogP contribution in [0.15, 0.2) is 34.0 Å². The van der Waals surface area contributed by atoms with Crippen LogP contribution < -0.4 is 15.0 Å². The Balaban J connectivity index is 1.55. The van der Waals surface area contributed by atoms with Crippen molar-refractivity contribution in [2.75, 3.05) is 6.61 Å². The number of aromatic nitrogens is 2. The maximum Gasteiger partial charge on any atom is 0.264 e. The minimum absolute atomic E-state index is 0.240. The van der Waals surface area contributed by atoms with E-state index in [1.807, 2.05) is 0 Å². The summed E-state index contributed by atoms with van der Waals surface area (Å²) in [7, 11) is -3.61. The molecule has 0 fully saturated rings. The van der Waals surface area contributed by atoms with Crippen LogP contribution >= 0.6 is 0 Å². The van der Waals surface area contributed by atoms with E-state index in [1.54, 1.807) is 18.2 Å². The Bertz CT molecular complexity index is 952. The van der Waals surface area contributed by atoms with E-state index in [-0.39, 0.29) is 16.5 Å². The number of hydrogen-bond donors (Lipinski definition) is 2. The predicted octanol–water partition coefficient (Wildman–Crippen LogP) is 0.541.